The van der Waals surface area contributed by atoms with Gasteiger partial charge in [-0.1, -0.05) is 12.1 Å². The minimum absolute atomic E-state index is 0.114. The number of benzene rings is 2. The highest BCUT2D eigenvalue weighted by Gasteiger charge is 2.16. The van der Waals surface area contributed by atoms with E-state index in [0.29, 0.717) is 16.9 Å². The summed E-state index contributed by atoms with van der Waals surface area (Å²) in [4.78, 5) is 25.5. The zero-order valence-corrected chi connectivity index (χ0v) is 14.0. The summed E-state index contributed by atoms with van der Waals surface area (Å²) in [6.45, 7) is 5.25. The standard InChI is InChI=1S/C19H19N3O2/c1-13-7-8-17(9-14(13)2)21-19(24)12-22(15(3)23)18-6-4-5-16(10-18)11-20/h4-10H,12H2,1-3H3,(H,21,24). The lowest BCUT2D eigenvalue weighted by molar-refractivity contribution is -0.120. The molecule has 0 saturated carbocycles. The van der Waals surface area contributed by atoms with Gasteiger partial charge in [-0.05, 0) is 55.3 Å². The fourth-order valence-corrected chi connectivity index (χ4v) is 2.29. The van der Waals surface area contributed by atoms with Crippen LogP contribution in [0.5, 0.6) is 0 Å². The zero-order valence-electron chi connectivity index (χ0n) is 14.0. The van der Waals surface area contributed by atoms with E-state index < -0.39 is 0 Å². The van der Waals surface area contributed by atoms with Crippen LogP contribution in [0.4, 0.5) is 11.4 Å². The van der Waals surface area contributed by atoms with Gasteiger partial charge in [0, 0.05) is 18.3 Å². The van der Waals surface area contributed by atoms with E-state index in [0.717, 1.165) is 11.1 Å². The number of carbonyl (C=O) groups is 2. The van der Waals surface area contributed by atoms with Crippen molar-refractivity contribution in [2.24, 2.45) is 0 Å². The van der Waals surface area contributed by atoms with Crippen LogP contribution in [0, 0.1) is 25.2 Å². The summed E-state index contributed by atoms with van der Waals surface area (Å²) in [5.41, 5.74) is 3.88. The summed E-state index contributed by atoms with van der Waals surface area (Å²) in [5, 5.41) is 11.8. The monoisotopic (exact) mass is 321 g/mol. The molecule has 0 aromatic heterocycles. The van der Waals surface area contributed by atoms with Crippen molar-refractivity contribution in [3.8, 4) is 6.07 Å². The van der Waals surface area contributed by atoms with Crippen LogP contribution in [0.1, 0.15) is 23.6 Å². The highest BCUT2D eigenvalue weighted by Crippen LogP contribution is 2.17. The molecule has 0 fully saturated rings. The average molecular weight is 321 g/mol. The summed E-state index contributed by atoms with van der Waals surface area (Å²) >= 11 is 0. The number of amides is 2. The van der Waals surface area contributed by atoms with E-state index in [4.69, 9.17) is 5.26 Å². The van der Waals surface area contributed by atoms with Gasteiger partial charge in [0.25, 0.3) is 0 Å². The first-order valence-electron chi connectivity index (χ1n) is 7.56. The fourth-order valence-electron chi connectivity index (χ4n) is 2.29. The second-order valence-electron chi connectivity index (χ2n) is 5.61. The molecular formula is C19H19N3O2. The number of anilines is 2. The zero-order chi connectivity index (χ0) is 17.7. The topological polar surface area (TPSA) is 73.2 Å². The Balaban J connectivity index is 2.15. The van der Waals surface area contributed by atoms with Gasteiger partial charge in [-0.15, -0.1) is 0 Å². The Bertz CT molecular complexity index is 822. The highest BCUT2D eigenvalue weighted by atomic mass is 16.2. The molecule has 2 amide bonds. The lowest BCUT2D eigenvalue weighted by atomic mass is 10.1. The van der Waals surface area contributed by atoms with E-state index >= 15 is 0 Å². The first-order valence-corrected chi connectivity index (χ1v) is 7.56. The molecule has 24 heavy (non-hydrogen) atoms. The lowest BCUT2D eigenvalue weighted by Gasteiger charge is -2.21. The summed E-state index contributed by atoms with van der Waals surface area (Å²) in [6, 6.07) is 14.3. The van der Waals surface area contributed by atoms with E-state index in [1.54, 1.807) is 24.3 Å². The average Bonchev–Trinajstić information content (AvgIpc) is 2.56. The van der Waals surface area contributed by atoms with Crippen LogP contribution in [0.25, 0.3) is 0 Å². The summed E-state index contributed by atoms with van der Waals surface area (Å²) < 4.78 is 0. The van der Waals surface area contributed by atoms with E-state index in [9.17, 15) is 9.59 Å². The molecule has 5 heteroatoms. The van der Waals surface area contributed by atoms with Crippen molar-refractivity contribution in [3.05, 3.63) is 59.2 Å². The molecule has 0 saturated heterocycles. The smallest absolute Gasteiger partial charge is 0.244 e. The summed E-state index contributed by atoms with van der Waals surface area (Å²) in [6.07, 6.45) is 0. The van der Waals surface area contributed by atoms with Crippen molar-refractivity contribution >= 4 is 23.2 Å². The van der Waals surface area contributed by atoms with E-state index in [1.807, 2.05) is 38.1 Å². The SMILES string of the molecule is CC(=O)N(CC(=O)Nc1ccc(C)c(C)c1)c1cccc(C#N)c1. The summed E-state index contributed by atoms with van der Waals surface area (Å²) in [7, 11) is 0. The molecule has 5 nitrogen and oxygen atoms in total. The maximum absolute atomic E-state index is 12.3. The van der Waals surface area contributed by atoms with Crippen molar-refractivity contribution in [1.29, 1.82) is 5.26 Å². The Hall–Kier alpha value is -3.13. The van der Waals surface area contributed by atoms with Gasteiger partial charge < -0.3 is 10.2 Å². The Morgan fingerprint density at radius 2 is 1.88 bits per heavy atom. The number of rotatable bonds is 4. The number of nitrogens with one attached hydrogen (secondary N) is 1. The van der Waals surface area contributed by atoms with Crippen molar-refractivity contribution in [2.45, 2.75) is 20.8 Å². The van der Waals surface area contributed by atoms with Crippen LogP contribution in [-0.4, -0.2) is 18.4 Å². The third-order valence-corrected chi connectivity index (χ3v) is 3.76. The van der Waals surface area contributed by atoms with Gasteiger partial charge in [0.1, 0.15) is 6.54 Å². The number of nitrogens with zero attached hydrogens (tertiary/aromatic N) is 2. The third-order valence-electron chi connectivity index (χ3n) is 3.76. The minimum Gasteiger partial charge on any atom is -0.325 e. The van der Waals surface area contributed by atoms with Crippen LogP contribution in [0.15, 0.2) is 42.5 Å². The Labute approximate surface area is 141 Å². The Kier molecular flexibility index (Phi) is 5.33. The lowest BCUT2D eigenvalue weighted by Crippen LogP contribution is -2.36. The molecule has 0 bridgehead atoms. The molecule has 1 N–H and O–H groups in total. The van der Waals surface area contributed by atoms with Crippen LogP contribution in [-0.2, 0) is 9.59 Å². The van der Waals surface area contributed by atoms with E-state index in [1.165, 1.54) is 11.8 Å². The summed E-state index contributed by atoms with van der Waals surface area (Å²) in [5.74, 6) is -0.559. The van der Waals surface area contributed by atoms with Gasteiger partial charge in [-0.25, -0.2) is 0 Å². The molecule has 0 spiro atoms. The van der Waals surface area contributed by atoms with Crippen LogP contribution in [0.3, 0.4) is 0 Å². The first kappa shape index (κ1) is 17.2. The third kappa shape index (κ3) is 4.20. The number of aryl methyl sites for hydroxylation is 2. The van der Waals surface area contributed by atoms with Gasteiger partial charge in [-0.3, -0.25) is 9.59 Å². The largest absolute Gasteiger partial charge is 0.325 e. The second-order valence-corrected chi connectivity index (χ2v) is 5.61. The molecule has 2 aromatic carbocycles. The van der Waals surface area contributed by atoms with Crippen LogP contribution < -0.4 is 10.2 Å². The van der Waals surface area contributed by atoms with Crippen molar-refractivity contribution in [3.63, 3.8) is 0 Å². The molecule has 0 radical (unpaired) electrons. The maximum Gasteiger partial charge on any atom is 0.244 e. The predicted molar refractivity (Wildman–Crippen MR) is 93.7 cm³/mol. The van der Waals surface area contributed by atoms with Gasteiger partial charge in [-0.2, -0.15) is 5.26 Å². The molecule has 0 aliphatic heterocycles. The van der Waals surface area contributed by atoms with Crippen molar-refractivity contribution in [2.75, 3.05) is 16.8 Å². The Morgan fingerprint density at radius 1 is 1.12 bits per heavy atom. The van der Waals surface area contributed by atoms with Gasteiger partial charge in [0.05, 0.1) is 11.6 Å². The van der Waals surface area contributed by atoms with Gasteiger partial charge in [0.15, 0.2) is 0 Å². The van der Waals surface area contributed by atoms with Crippen LogP contribution >= 0.6 is 0 Å². The molecule has 0 aliphatic rings. The normalized spacial score (nSPS) is 9.92. The highest BCUT2D eigenvalue weighted by molar-refractivity contribution is 6.01. The quantitative estimate of drug-likeness (QED) is 0.940. The minimum atomic E-state index is -0.296. The van der Waals surface area contributed by atoms with E-state index in [2.05, 4.69) is 5.32 Å². The van der Waals surface area contributed by atoms with Gasteiger partial charge in [0.2, 0.25) is 11.8 Å². The van der Waals surface area contributed by atoms with Crippen molar-refractivity contribution < 1.29 is 9.59 Å². The fraction of sp³-hybridized carbons (Fsp3) is 0.211. The molecule has 2 rings (SSSR count). The number of hydrogen-bond acceptors (Lipinski definition) is 3. The predicted octanol–water partition coefficient (Wildman–Crippen LogP) is 3.17. The van der Waals surface area contributed by atoms with Gasteiger partial charge >= 0.3 is 0 Å². The van der Waals surface area contributed by atoms with Crippen molar-refractivity contribution in [1.82, 2.24) is 0 Å². The molecule has 122 valence electrons. The Morgan fingerprint density at radius 3 is 2.50 bits per heavy atom. The number of hydrogen-bond donors (Lipinski definition) is 1. The molecule has 2 aromatic rings. The number of nitriles is 1. The molecular weight excluding hydrogens is 302 g/mol. The maximum atomic E-state index is 12.3. The molecule has 0 aliphatic carbocycles. The molecule has 0 atom stereocenters. The van der Waals surface area contributed by atoms with E-state index in [-0.39, 0.29) is 18.4 Å². The molecule has 0 heterocycles. The second kappa shape index (κ2) is 7.42. The van der Waals surface area contributed by atoms with Crippen LogP contribution in [0.2, 0.25) is 0 Å². The molecule has 0 unspecified atom stereocenters. The first-order chi connectivity index (χ1) is 11.4. The number of carbonyl (C=O) groups excluding carboxylic acids is 2.